The maximum absolute atomic E-state index is 10.6. The van der Waals surface area contributed by atoms with Crippen LogP contribution in [0.1, 0.15) is 28.3 Å². The van der Waals surface area contributed by atoms with Gasteiger partial charge in [-0.15, -0.1) is 16.4 Å². The Labute approximate surface area is 108 Å². The Morgan fingerprint density at radius 2 is 2.50 bits per heavy atom. The van der Waals surface area contributed by atoms with E-state index in [1.807, 2.05) is 11.4 Å². The lowest BCUT2D eigenvalue weighted by atomic mass is 10.3. The molecule has 0 fully saturated rings. The first-order valence-electron chi connectivity index (χ1n) is 5.57. The van der Waals surface area contributed by atoms with Crippen molar-refractivity contribution in [2.24, 2.45) is 0 Å². The van der Waals surface area contributed by atoms with Gasteiger partial charge in [-0.3, -0.25) is 4.68 Å². The van der Waals surface area contributed by atoms with Crippen molar-refractivity contribution in [3.05, 3.63) is 34.3 Å². The van der Waals surface area contributed by atoms with Crippen LogP contribution in [-0.4, -0.2) is 32.6 Å². The first-order chi connectivity index (χ1) is 8.66. The molecule has 0 aliphatic carbocycles. The smallest absolute Gasteiger partial charge is 0.358 e. The van der Waals surface area contributed by atoms with Crippen molar-refractivity contribution >= 4 is 17.3 Å². The van der Waals surface area contributed by atoms with Crippen LogP contribution < -0.4 is 5.32 Å². The molecule has 2 heterocycles. The Hall–Kier alpha value is -1.73. The number of carboxylic acids is 1. The minimum atomic E-state index is -1.05. The highest BCUT2D eigenvalue weighted by Crippen LogP contribution is 2.17. The van der Waals surface area contributed by atoms with Crippen molar-refractivity contribution in [3.8, 4) is 0 Å². The highest BCUT2D eigenvalue weighted by molar-refractivity contribution is 7.10. The quantitative estimate of drug-likeness (QED) is 0.826. The number of hydrogen-bond donors (Lipinski definition) is 2. The number of rotatable bonds is 6. The van der Waals surface area contributed by atoms with Gasteiger partial charge in [-0.25, -0.2) is 4.79 Å². The molecule has 0 amide bonds. The van der Waals surface area contributed by atoms with Gasteiger partial charge in [-0.2, -0.15) is 0 Å². The van der Waals surface area contributed by atoms with E-state index in [2.05, 4.69) is 28.6 Å². The van der Waals surface area contributed by atoms with Crippen LogP contribution in [0.25, 0.3) is 0 Å². The van der Waals surface area contributed by atoms with Gasteiger partial charge >= 0.3 is 5.97 Å². The van der Waals surface area contributed by atoms with E-state index < -0.39 is 5.97 Å². The monoisotopic (exact) mass is 266 g/mol. The molecular formula is C11H14N4O2S. The number of carboxylic acid groups (broad SMARTS) is 1. The molecule has 0 saturated heterocycles. The van der Waals surface area contributed by atoms with Crippen molar-refractivity contribution in [2.75, 3.05) is 6.54 Å². The summed E-state index contributed by atoms with van der Waals surface area (Å²) in [5.41, 5.74) is -0.0266. The van der Waals surface area contributed by atoms with E-state index in [0.29, 0.717) is 13.1 Å². The molecule has 2 aromatic rings. The molecule has 0 aromatic carbocycles. The van der Waals surface area contributed by atoms with Crippen LogP contribution >= 0.6 is 11.3 Å². The molecule has 0 aliphatic heterocycles. The summed E-state index contributed by atoms with van der Waals surface area (Å²) in [6, 6.07) is 4.39. The zero-order valence-electron chi connectivity index (χ0n) is 9.91. The zero-order chi connectivity index (χ0) is 13.0. The SMILES string of the molecule is CC(NCCn1cc(C(=O)O)nn1)c1cccs1. The van der Waals surface area contributed by atoms with Crippen LogP contribution in [0, 0.1) is 0 Å². The summed E-state index contributed by atoms with van der Waals surface area (Å²) in [4.78, 5) is 11.9. The molecule has 96 valence electrons. The Balaban J connectivity index is 1.79. The molecule has 2 N–H and O–H groups in total. The fraction of sp³-hybridized carbons (Fsp3) is 0.364. The van der Waals surface area contributed by atoms with E-state index in [0.717, 1.165) is 0 Å². The first-order valence-corrected chi connectivity index (χ1v) is 6.45. The van der Waals surface area contributed by atoms with Gasteiger partial charge in [-0.1, -0.05) is 11.3 Å². The molecular weight excluding hydrogens is 252 g/mol. The molecule has 0 bridgehead atoms. The van der Waals surface area contributed by atoms with Gasteiger partial charge in [-0.05, 0) is 18.4 Å². The molecule has 0 radical (unpaired) electrons. The second-order valence-electron chi connectivity index (χ2n) is 3.86. The topological polar surface area (TPSA) is 80.0 Å². The Morgan fingerprint density at radius 1 is 1.67 bits per heavy atom. The number of aromatic nitrogens is 3. The van der Waals surface area contributed by atoms with Crippen LogP contribution in [0.5, 0.6) is 0 Å². The van der Waals surface area contributed by atoms with Crippen LogP contribution in [0.4, 0.5) is 0 Å². The van der Waals surface area contributed by atoms with Crippen molar-refractivity contribution in [1.29, 1.82) is 0 Å². The van der Waals surface area contributed by atoms with E-state index in [4.69, 9.17) is 5.11 Å². The van der Waals surface area contributed by atoms with Gasteiger partial charge in [0.05, 0.1) is 12.7 Å². The van der Waals surface area contributed by atoms with Crippen molar-refractivity contribution < 1.29 is 9.90 Å². The lowest BCUT2D eigenvalue weighted by Crippen LogP contribution is -2.23. The van der Waals surface area contributed by atoms with Gasteiger partial charge in [0.1, 0.15) is 0 Å². The van der Waals surface area contributed by atoms with Gasteiger partial charge in [0.15, 0.2) is 5.69 Å². The number of aromatic carboxylic acids is 1. The van der Waals surface area contributed by atoms with Crippen molar-refractivity contribution in [3.63, 3.8) is 0 Å². The number of nitrogens with zero attached hydrogens (tertiary/aromatic N) is 3. The summed E-state index contributed by atoms with van der Waals surface area (Å²) in [5.74, 6) is -1.05. The first kappa shape index (κ1) is 12.7. The number of hydrogen-bond acceptors (Lipinski definition) is 5. The summed E-state index contributed by atoms with van der Waals surface area (Å²) >= 11 is 1.71. The average molecular weight is 266 g/mol. The highest BCUT2D eigenvalue weighted by Gasteiger charge is 2.08. The predicted octanol–water partition coefficient (Wildman–Crippen LogP) is 1.39. The van der Waals surface area contributed by atoms with Gasteiger partial charge < -0.3 is 10.4 Å². The molecule has 1 atom stereocenters. The lowest BCUT2D eigenvalue weighted by Gasteiger charge is -2.11. The van der Waals surface area contributed by atoms with Gasteiger partial charge in [0.25, 0.3) is 0 Å². The third kappa shape index (κ3) is 3.14. The fourth-order valence-corrected chi connectivity index (χ4v) is 2.30. The van der Waals surface area contributed by atoms with E-state index in [-0.39, 0.29) is 11.7 Å². The maximum atomic E-state index is 10.6. The summed E-state index contributed by atoms with van der Waals surface area (Å²) in [7, 11) is 0. The standard InChI is InChI=1S/C11H14N4O2S/c1-8(10-3-2-6-18-10)12-4-5-15-7-9(11(16)17)13-14-15/h2-3,6-8,12H,4-5H2,1H3,(H,16,17). The average Bonchev–Trinajstić information content (AvgIpc) is 3.00. The summed E-state index contributed by atoms with van der Waals surface area (Å²) < 4.78 is 1.53. The van der Waals surface area contributed by atoms with E-state index in [1.54, 1.807) is 11.3 Å². The Bertz CT molecular complexity index is 509. The minimum Gasteiger partial charge on any atom is -0.476 e. The molecule has 0 aliphatic rings. The zero-order valence-corrected chi connectivity index (χ0v) is 10.7. The molecule has 0 spiro atoms. The van der Waals surface area contributed by atoms with Crippen LogP contribution in [0.2, 0.25) is 0 Å². The van der Waals surface area contributed by atoms with E-state index in [9.17, 15) is 4.79 Å². The van der Waals surface area contributed by atoms with Crippen molar-refractivity contribution in [2.45, 2.75) is 19.5 Å². The molecule has 2 rings (SSSR count). The number of nitrogens with one attached hydrogen (secondary N) is 1. The molecule has 2 aromatic heterocycles. The highest BCUT2D eigenvalue weighted by atomic mass is 32.1. The fourth-order valence-electron chi connectivity index (χ4n) is 1.54. The van der Waals surface area contributed by atoms with Gasteiger partial charge in [0.2, 0.25) is 0 Å². The summed E-state index contributed by atoms with van der Waals surface area (Å²) in [6.07, 6.45) is 1.43. The largest absolute Gasteiger partial charge is 0.476 e. The van der Waals surface area contributed by atoms with E-state index in [1.165, 1.54) is 15.8 Å². The molecule has 7 heteroatoms. The number of carbonyl (C=O) groups is 1. The predicted molar refractivity (Wildman–Crippen MR) is 67.7 cm³/mol. The number of thiophene rings is 1. The maximum Gasteiger partial charge on any atom is 0.358 e. The summed E-state index contributed by atoms with van der Waals surface area (Å²) in [6.45, 7) is 3.40. The molecule has 0 saturated carbocycles. The van der Waals surface area contributed by atoms with Crippen LogP contribution in [0.15, 0.2) is 23.7 Å². The Kier molecular flexibility index (Phi) is 4.06. The second-order valence-corrected chi connectivity index (χ2v) is 4.84. The minimum absolute atomic E-state index is 0.0266. The third-order valence-corrected chi connectivity index (χ3v) is 3.57. The van der Waals surface area contributed by atoms with Crippen LogP contribution in [-0.2, 0) is 6.54 Å². The van der Waals surface area contributed by atoms with Crippen LogP contribution in [0.3, 0.4) is 0 Å². The van der Waals surface area contributed by atoms with Gasteiger partial charge in [0, 0.05) is 17.5 Å². The molecule has 1 unspecified atom stereocenters. The second kappa shape index (κ2) is 5.74. The Morgan fingerprint density at radius 3 is 3.11 bits per heavy atom. The normalized spacial score (nSPS) is 12.5. The summed E-state index contributed by atoms with van der Waals surface area (Å²) in [5, 5.41) is 21.4. The lowest BCUT2D eigenvalue weighted by molar-refractivity contribution is 0.0690. The van der Waals surface area contributed by atoms with Crippen molar-refractivity contribution in [1.82, 2.24) is 20.3 Å². The molecule has 18 heavy (non-hydrogen) atoms. The van der Waals surface area contributed by atoms with E-state index >= 15 is 0 Å². The third-order valence-electron chi connectivity index (χ3n) is 2.52. The molecule has 6 nitrogen and oxygen atoms in total.